The summed E-state index contributed by atoms with van der Waals surface area (Å²) >= 11 is 3.36. The van der Waals surface area contributed by atoms with Crippen molar-refractivity contribution >= 4 is 27.7 Å². The molecule has 1 N–H and O–H groups in total. The quantitative estimate of drug-likeness (QED) is 0.723. The standard InChI is InChI=1S/C17H10BrN3O2/c18-13-7-12-10(6-9(13)8-19)15(22)21-16(23)17(12)4-3-14-11(17)2-1-5-20-14/h1-2,5-7H,3-4H2,(H,21,22,23). The van der Waals surface area contributed by atoms with E-state index < -0.39 is 11.3 Å². The molecule has 0 radical (unpaired) electrons. The summed E-state index contributed by atoms with van der Waals surface area (Å²) in [5.41, 5.74) is 2.19. The highest BCUT2D eigenvalue weighted by atomic mass is 79.9. The maximum Gasteiger partial charge on any atom is 0.258 e. The van der Waals surface area contributed by atoms with E-state index in [9.17, 15) is 14.9 Å². The predicted octanol–water partition coefficient (Wildman–Crippen LogP) is 2.22. The van der Waals surface area contributed by atoms with Crippen molar-refractivity contribution in [3.8, 4) is 6.07 Å². The molecule has 2 heterocycles. The van der Waals surface area contributed by atoms with Gasteiger partial charge in [0.25, 0.3) is 5.91 Å². The summed E-state index contributed by atoms with van der Waals surface area (Å²) < 4.78 is 0.581. The second kappa shape index (κ2) is 4.74. The summed E-state index contributed by atoms with van der Waals surface area (Å²) in [5.74, 6) is -0.782. The molecular formula is C17H10BrN3O2. The SMILES string of the molecule is N#Cc1cc2c(cc1Br)C1(CCc3ncccc31)C(=O)NC2=O. The van der Waals surface area contributed by atoms with Gasteiger partial charge in [-0.1, -0.05) is 6.07 Å². The number of rotatable bonds is 0. The number of imide groups is 1. The van der Waals surface area contributed by atoms with Crippen molar-refractivity contribution in [3.05, 3.63) is 62.9 Å². The lowest BCUT2D eigenvalue weighted by Crippen LogP contribution is -2.51. The van der Waals surface area contributed by atoms with E-state index >= 15 is 0 Å². The van der Waals surface area contributed by atoms with Gasteiger partial charge in [-0.15, -0.1) is 0 Å². The molecule has 6 heteroatoms. The van der Waals surface area contributed by atoms with Gasteiger partial charge in [0.15, 0.2) is 0 Å². The normalized spacial score (nSPS) is 21.6. The minimum absolute atomic E-state index is 0.321. The van der Waals surface area contributed by atoms with Crippen LogP contribution in [0.25, 0.3) is 0 Å². The molecule has 112 valence electrons. The van der Waals surface area contributed by atoms with Gasteiger partial charge in [0.1, 0.15) is 11.5 Å². The Labute approximate surface area is 140 Å². The summed E-state index contributed by atoms with van der Waals surface area (Å²) in [5, 5.41) is 11.6. The molecule has 0 saturated heterocycles. The number of aromatic nitrogens is 1. The molecule has 2 amide bonds. The monoisotopic (exact) mass is 367 g/mol. The van der Waals surface area contributed by atoms with Crippen molar-refractivity contribution in [1.82, 2.24) is 10.3 Å². The van der Waals surface area contributed by atoms with Gasteiger partial charge in [0, 0.05) is 21.9 Å². The van der Waals surface area contributed by atoms with Crippen LogP contribution in [0.2, 0.25) is 0 Å². The number of amides is 2. The predicted molar refractivity (Wildman–Crippen MR) is 84.7 cm³/mol. The molecule has 2 aromatic rings. The van der Waals surface area contributed by atoms with E-state index in [1.54, 1.807) is 18.3 Å². The second-order valence-electron chi connectivity index (χ2n) is 5.68. The molecule has 1 aromatic heterocycles. The molecule has 23 heavy (non-hydrogen) atoms. The molecule has 2 aliphatic rings. The van der Waals surface area contributed by atoms with Gasteiger partial charge >= 0.3 is 0 Å². The summed E-state index contributed by atoms with van der Waals surface area (Å²) in [6.45, 7) is 0. The number of hydrogen-bond acceptors (Lipinski definition) is 4. The topological polar surface area (TPSA) is 82.8 Å². The third-order valence-electron chi connectivity index (χ3n) is 4.63. The van der Waals surface area contributed by atoms with E-state index in [2.05, 4.69) is 32.3 Å². The van der Waals surface area contributed by atoms with E-state index in [-0.39, 0.29) is 5.91 Å². The van der Waals surface area contributed by atoms with Crippen molar-refractivity contribution in [2.75, 3.05) is 0 Å². The Morgan fingerprint density at radius 2 is 2.13 bits per heavy atom. The lowest BCUT2D eigenvalue weighted by Gasteiger charge is -2.34. The fraction of sp³-hybridized carbons (Fsp3) is 0.176. The maximum atomic E-state index is 12.8. The zero-order valence-electron chi connectivity index (χ0n) is 11.9. The van der Waals surface area contributed by atoms with Gasteiger partial charge in [0.2, 0.25) is 5.91 Å². The molecule has 5 nitrogen and oxygen atoms in total. The van der Waals surface area contributed by atoms with Crippen molar-refractivity contribution in [2.45, 2.75) is 18.3 Å². The maximum absolute atomic E-state index is 12.8. The first-order valence-electron chi connectivity index (χ1n) is 7.12. The Morgan fingerprint density at radius 3 is 2.91 bits per heavy atom. The van der Waals surface area contributed by atoms with Crippen LogP contribution in [0.15, 0.2) is 34.9 Å². The highest BCUT2D eigenvalue weighted by molar-refractivity contribution is 9.10. The fourth-order valence-electron chi connectivity index (χ4n) is 3.58. The fourth-order valence-corrected chi connectivity index (χ4v) is 4.01. The van der Waals surface area contributed by atoms with E-state index in [1.165, 1.54) is 6.07 Å². The largest absolute Gasteiger partial charge is 0.291 e. The summed E-state index contributed by atoms with van der Waals surface area (Å²) in [7, 11) is 0. The number of pyridine rings is 1. The van der Waals surface area contributed by atoms with E-state index in [0.717, 1.165) is 11.3 Å². The van der Waals surface area contributed by atoms with Gasteiger partial charge in [-0.3, -0.25) is 19.9 Å². The molecule has 1 aliphatic heterocycles. The highest BCUT2D eigenvalue weighted by Gasteiger charge is 2.52. The van der Waals surface area contributed by atoms with Crippen LogP contribution >= 0.6 is 15.9 Å². The number of carbonyl (C=O) groups is 2. The molecule has 0 saturated carbocycles. The van der Waals surface area contributed by atoms with E-state index in [4.69, 9.17) is 0 Å². The Hall–Kier alpha value is -2.52. The molecule has 0 bridgehead atoms. The van der Waals surface area contributed by atoms with Gasteiger partial charge < -0.3 is 0 Å². The molecule has 1 atom stereocenters. The van der Waals surface area contributed by atoms with Crippen LogP contribution in [-0.2, 0) is 16.6 Å². The first-order chi connectivity index (χ1) is 11.1. The highest BCUT2D eigenvalue weighted by Crippen LogP contribution is 2.47. The smallest absolute Gasteiger partial charge is 0.258 e. The van der Waals surface area contributed by atoms with Gasteiger partial charge in [-0.05, 0) is 58.1 Å². The molecule has 0 fully saturated rings. The lowest BCUT2D eigenvalue weighted by atomic mass is 9.71. The van der Waals surface area contributed by atoms with E-state index in [1.807, 2.05) is 6.07 Å². The van der Waals surface area contributed by atoms with Crippen molar-refractivity contribution in [1.29, 1.82) is 5.26 Å². The molecule has 1 aromatic carbocycles. The average Bonchev–Trinajstić information content (AvgIpc) is 2.93. The van der Waals surface area contributed by atoms with Crippen LogP contribution in [0.4, 0.5) is 0 Å². The van der Waals surface area contributed by atoms with Crippen LogP contribution < -0.4 is 5.32 Å². The number of nitrogens with one attached hydrogen (secondary N) is 1. The van der Waals surface area contributed by atoms with Crippen LogP contribution in [0.5, 0.6) is 0 Å². The second-order valence-corrected chi connectivity index (χ2v) is 6.53. The zero-order valence-corrected chi connectivity index (χ0v) is 13.5. The third-order valence-corrected chi connectivity index (χ3v) is 5.29. The molecule has 1 unspecified atom stereocenters. The number of carbonyl (C=O) groups excluding carboxylic acids is 2. The van der Waals surface area contributed by atoms with Crippen LogP contribution in [0, 0.1) is 11.3 Å². The Kier molecular flexibility index (Phi) is 2.90. The Bertz CT molecular complexity index is 932. The number of nitriles is 1. The van der Waals surface area contributed by atoms with Crippen LogP contribution in [0.1, 0.15) is 39.2 Å². The average molecular weight is 368 g/mol. The minimum atomic E-state index is -0.913. The minimum Gasteiger partial charge on any atom is -0.291 e. The van der Waals surface area contributed by atoms with Crippen molar-refractivity contribution in [3.63, 3.8) is 0 Å². The van der Waals surface area contributed by atoms with Gasteiger partial charge in [-0.25, -0.2) is 0 Å². The third kappa shape index (κ3) is 1.74. The zero-order chi connectivity index (χ0) is 16.2. The molecule has 1 spiro atoms. The Morgan fingerprint density at radius 1 is 1.30 bits per heavy atom. The molecule has 4 rings (SSSR count). The number of nitrogens with zero attached hydrogens (tertiary/aromatic N) is 2. The van der Waals surface area contributed by atoms with Crippen LogP contribution in [0.3, 0.4) is 0 Å². The number of hydrogen-bond donors (Lipinski definition) is 1. The van der Waals surface area contributed by atoms with Crippen molar-refractivity contribution in [2.24, 2.45) is 0 Å². The lowest BCUT2D eigenvalue weighted by molar-refractivity contribution is -0.124. The summed E-state index contributed by atoms with van der Waals surface area (Å²) in [6, 6.07) is 9.01. The Balaban J connectivity index is 2.07. The summed E-state index contributed by atoms with van der Waals surface area (Å²) in [4.78, 5) is 29.4. The first kappa shape index (κ1) is 14.1. The number of fused-ring (bicyclic) bond motifs is 4. The van der Waals surface area contributed by atoms with Crippen molar-refractivity contribution < 1.29 is 9.59 Å². The number of aryl methyl sites for hydroxylation is 1. The van der Waals surface area contributed by atoms with E-state index in [0.29, 0.717) is 34.0 Å². The molecular weight excluding hydrogens is 358 g/mol. The molecule has 1 aliphatic carbocycles. The number of halogens is 1. The first-order valence-corrected chi connectivity index (χ1v) is 7.91. The van der Waals surface area contributed by atoms with Gasteiger partial charge in [-0.2, -0.15) is 5.26 Å². The number of benzene rings is 1. The van der Waals surface area contributed by atoms with Gasteiger partial charge in [0.05, 0.1) is 5.56 Å². The van der Waals surface area contributed by atoms with Crippen LogP contribution in [-0.4, -0.2) is 16.8 Å². The summed E-state index contributed by atoms with van der Waals surface area (Å²) in [6.07, 6.45) is 2.94.